The van der Waals surface area contributed by atoms with Crippen LogP contribution in [0, 0.1) is 19.1 Å². The van der Waals surface area contributed by atoms with Crippen LogP contribution in [0.25, 0.3) is 11.1 Å². The Hall–Kier alpha value is -2.23. The fourth-order valence-corrected chi connectivity index (χ4v) is 4.97. The molecular weight excluding hydrogens is 698 g/mol. The zero-order valence-electron chi connectivity index (χ0n) is 22.4. The van der Waals surface area contributed by atoms with Gasteiger partial charge < -0.3 is 24.8 Å². The summed E-state index contributed by atoms with van der Waals surface area (Å²) in [7, 11) is 0. The molecule has 4 heteroatoms. The molecule has 0 N–H and O–H groups in total. The minimum absolute atomic E-state index is 0. The molecule has 0 aromatic heterocycles. The number of aryl methyl sites for hydroxylation is 1. The Labute approximate surface area is 261 Å². The summed E-state index contributed by atoms with van der Waals surface area (Å²) in [6.45, 7) is 6.79. The topological polar surface area (TPSA) is 0 Å². The summed E-state index contributed by atoms with van der Waals surface area (Å²) in [4.78, 5) is 0. The van der Waals surface area contributed by atoms with Gasteiger partial charge in [0.2, 0.25) is 0 Å². The predicted molar refractivity (Wildman–Crippen MR) is 154 cm³/mol. The van der Waals surface area contributed by atoms with E-state index in [0.717, 1.165) is 0 Å². The van der Waals surface area contributed by atoms with E-state index in [4.69, 9.17) is 0 Å². The largest absolute Gasteiger partial charge is 1.00 e. The summed E-state index contributed by atoms with van der Waals surface area (Å²) in [6, 6.07) is 23.8. The van der Waals surface area contributed by atoms with Crippen LogP contribution in [-0.4, -0.2) is 5.49 Å². The summed E-state index contributed by atoms with van der Waals surface area (Å²) >= 11 is 1.45. The fraction of sp³-hybridized carbons (Fsp3) is 0.143. The zero-order chi connectivity index (χ0) is 25.8. The summed E-state index contributed by atoms with van der Waals surface area (Å²) < 4.78 is 0. The number of rotatable bonds is 1. The maximum Gasteiger partial charge on any atom is -0.0235 e. The minimum Gasteiger partial charge on any atom is -1.00 e. The van der Waals surface area contributed by atoms with Crippen LogP contribution in [-0.2, 0) is 23.0 Å². The van der Waals surface area contributed by atoms with E-state index in [1.165, 1.54) is 73.1 Å². The first-order valence-corrected chi connectivity index (χ1v) is 20.7. The second kappa shape index (κ2) is 14.4. The molecule has 0 bridgehead atoms. The quantitative estimate of drug-likeness (QED) is 0.268. The van der Waals surface area contributed by atoms with Crippen LogP contribution in [0.2, 0.25) is 13.1 Å². The summed E-state index contributed by atoms with van der Waals surface area (Å²) in [5.74, 6) is 0.862. The van der Waals surface area contributed by atoms with Crippen molar-refractivity contribution in [1.29, 1.82) is 0 Å². The number of hydrogen-bond donors (Lipinski definition) is 0. The summed E-state index contributed by atoms with van der Waals surface area (Å²) in [5, 5.41) is 0. The Balaban J connectivity index is 0.000000187. The molecule has 4 aliphatic carbocycles. The molecule has 0 fully saturated rings. The molecule has 0 spiro atoms. The third-order valence-electron chi connectivity index (χ3n) is 6.65. The average Bonchev–Trinajstić information content (AvgIpc) is 3.46. The van der Waals surface area contributed by atoms with E-state index < -0.39 is 0 Å². The van der Waals surface area contributed by atoms with Crippen LogP contribution in [0.5, 0.6) is 0 Å². The van der Waals surface area contributed by atoms with Gasteiger partial charge in [-0.3, -0.25) is 0 Å². The molecule has 0 saturated carbocycles. The van der Waals surface area contributed by atoms with Gasteiger partial charge >= 0.3 is 41.6 Å². The van der Waals surface area contributed by atoms with Crippen molar-refractivity contribution in [2.75, 3.05) is 0 Å². The molecule has 3 aromatic rings. The van der Waals surface area contributed by atoms with Crippen LogP contribution >= 0.6 is 0 Å². The summed E-state index contributed by atoms with van der Waals surface area (Å²) in [6.07, 6.45) is 24.2. The maximum atomic E-state index is 3.53. The van der Waals surface area contributed by atoms with Crippen molar-refractivity contribution in [2.45, 2.75) is 31.9 Å². The normalized spacial score (nSPS) is 17.8. The Morgan fingerprint density at radius 1 is 0.641 bits per heavy atom. The third kappa shape index (κ3) is 7.49. The van der Waals surface area contributed by atoms with E-state index in [1.54, 1.807) is 0 Å². The Kier molecular flexibility index (Phi) is 11.6. The second-order valence-corrected chi connectivity index (χ2v) is 22.6. The molecule has 3 aromatic carbocycles. The molecular formula is C35H30Cl2HfSi-2. The van der Waals surface area contributed by atoms with Gasteiger partial charge in [0, 0.05) is 0 Å². The monoisotopic (exact) mass is 728 g/mol. The zero-order valence-corrected chi connectivity index (χ0v) is 28.5. The molecule has 2 atom stereocenters. The van der Waals surface area contributed by atoms with Gasteiger partial charge in [0.25, 0.3) is 0 Å². The Morgan fingerprint density at radius 3 is 1.72 bits per heavy atom. The van der Waals surface area contributed by atoms with Crippen molar-refractivity contribution >= 4 is 5.49 Å². The van der Waals surface area contributed by atoms with Gasteiger partial charge in [-0.05, 0) is 24.3 Å². The maximum absolute atomic E-state index is 3.53. The minimum atomic E-state index is 0. The van der Waals surface area contributed by atoms with Crippen molar-refractivity contribution in [1.82, 2.24) is 0 Å². The molecule has 7 rings (SSSR count). The molecule has 0 saturated heterocycles. The number of halogens is 2. The molecule has 0 amide bonds. The molecule has 0 nitrogen and oxygen atoms in total. The van der Waals surface area contributed by atoms with Gasteiger partial charge in [0.05, 0.1) is 0 Å². The molecule has 2 unspecified atom stereocenters. The van der Waals surface area contributed by atoms with E-state index >= 15 is 0 Å². The van der Waals surface area contributed by atoms with Crippen LogP contribution in [0.4, 0.5) is 0 Å². The smallest absolute Gasteiger partial charge is 0.0235 e. The average molecular weight is 728 g/mol. The number of hydrogen-bond acceptors (Lipinski definition) is 0. The van der Waals surface area contributed by atoms with E-state index in [-0.39, 0.29) is 30.3 Å². The van der Waals surface area contributed by atoms with Gasteiger partial charge in [-0.2, -0.15) is 0 Å². The van der Waals surface area contributed by atoms with Crippen LogP contribution in [0.3, 0.4) is 0 Å². The van der Waals surface area contributed by atoms with E-state index in [9.17, 15) is 0 Å². The first kappa shape index (κ1) is 31.3. The van der Waals surface area contributed by atoms with Crippen molar-refractivity contribution in [2.24, 2.45) is 0 Å². The number of fused-ring (bicyclic) bond motifs is 6. The summed E-state index contributed by atoms with van der Waals surface area (Å²) in [5.41, 5.74) is 11.9. The third-order valence-corrected chi connectivity index (χ3v) is 6.65. The molecule has 0 heterocycles. The van der Waals surface area contributed by atoms with Crippen LogP contribution in [0.1, 0.15) is 39.7 Å². The Morgan fingerprint density at radius 2 is 1.15 bits per heavy atom. The van der Waals surface area contributed by atoms with Gasteiger partial charge in [-0.25, -0.2) is 0 Å². The SMILES string of the molecule is C[Si](C)=[Hf+2].Cc1ccc2c(c1)[C-]=C1C=CC=CC12.[C-]1=C2C=CC=CC2c2ccc(-c3ccccc3)cc21.[Cl-].[Cl-]. The Bertz CT molecular complexity index is 1520. The van der Waals surface area contributed by atoms with E-state index in [0.29, 0.717) is 11.8 Å². The predicted octanol–water partition coefficient (Wildman–Crippen LogP) is 2.74. The molecule has 0 radical (unpaired) electrons. The van der Waals surface area contributed by atoms with E-state index in [2.05, 4.69) is 148 Å². The van der Waals surface area contributed by atoms with Crippen LogP contribution < -0.4 is 24.8 Å². The first-order valence-electron chi connectivity index (χ1n) is 12.8. The second-order valence-electron chi connectivity index (χ2n) is 9.86. The first-order chi connectivity index (χ1) is 18.0. The molecule has 4 aliphatic rings. The van der Waals surface area contributed by atoms with Crippen molar-refractivity contribution in [3.05, 3.63) is 166 Å². The van der Waals surface area contributed by atoms with E-state index in [1.807, 2.05) is 0 Å². The molecule has 0 aliphatic heterocycles. The molecule has 39 heavy (non-hydrogen) atoms. The van der Waals surface area contributed by atoms with Crippen molar-refractivity contribution in [3.63, 3.8) is 0 Å². The molecule has 194 valence electrons. The van der Waals surface area contributed by atoms with Gasteiger partial charge in [-0.1, -0.05) is 84.0 Å². The fourth-order valence-electron chi connectivity index (χ4n) is 4.97. The van der Waals surface area contributed by atoms with Crippen molar-refractivity contribution in [3.8, 4) is 11.1 Å². The van der Waals surface area contributed by atoms with Gasteiger partial charge in [0.15, 0.2) is 0 Å². The van der Waals surface area contributed by atoms with Crippen molar-refractivity contribution < 1.29 is 47.8 Å². The number of allylic oxidation sites excluding steroid dienone is 10. The van der Waals surface area contributed by atoms with Gasteiger partial charge in [-0.15, -0.1) is 88.1 Å². The van der Waals surface area contributed by atoms with Crippen LogP contribution in [0.15, 0.2) is 126 Å². The standard InChI is InChI=1S/C19H13.C14H11.C2H6Si.2ClH.Hf/c1-2-6-14(7-3-1)15-10-11-19-17(12-15)13-16-8-4-5-9-18(16)19;1-10-6-7-14-12(8-10)9-11-4-2-3-5-13(11)14;1-3-2;;;/h1-12,18H;2-8,13H,1H3;1-2H3;2*1H;/q2*-1;;;;+2/p-2. The number of benzene rings is 3. The van der Waals surface area contributed by atoms with Gasteiger partial charge in [0.1, 0.15) is 0 Å².